The molecule has 3 rings (SSSR count). The van der Waals surface area contributed by atoms with E-state index in [4.69, 9.17) is 11.6 Å². The van der Waals surface area contributed by atoms with Gasteiger partial charge in [-0.25, -0.2) is 8.42 Å². The Bertz CT molecular complexity index is 1560. The molecule has 44 heavy (non-hydrogen) atoms. The van der Waals surface area contributed by atoms with Gasteiger partial charge in [-0.15, -0.1) is 0 Å². The Labute approximate surface area is 262 Å². The molecule has 0 heterocycles. The first-order valence-electron chi connectivity index (χ1n) is 14.2. The molecule has 0 aliphatic rings. The summed E-state index contributed by atoms with van der Waals surface area (Å²) in [6.45, 7) is 8.21. The second kappa shape index (κ2) is 14.5. The number of rotatable bonds is 12. The molecule has 0 spiro atoms. The molecule has 12 heteroatoms. The second-order valence-electron chi connectivity index (χ2n) is 10.7. The van der Waals surface area contributed by atoms with Crippen LogP contribution in [0, 0.1) is 13.8 Å². The third-order valence-electron chi connectivity index (χ3n) is 7.29. The number of halogens is 4. The van der Waals surface area contributed by atoms with E-state index in [1.165, 1.54) is 17.0 Å². The fourth-order valence-electron chi connectivity index (χ4n) is 4.50. The zero-order chi connectivity index (χ0) is 32.8. The molecule has 3 aromatic rings. The molecule has 0 aliphatic carbocycles. The highest BCUT2D eigenvalue weighted by molar-refractivity contribution is 7.92. The van der Waals surface area contributed by atoms with Crippen LogP contribution in [0.1, 0.15) is 55.9 Å². The highest BCUT2D eigenvalue weighted by Crippen LogP contribution is 2.38. The van der Waals surface area contributed by atoms with Gasteiger partial charge in [0, 0.05) is 12.6 Å². The van der Waals surface area contributed by atoms with Gasteiger partial charge in [0.1, 0.15) is 12.6 Å². The average Bonchev–Trinajstić information content (AvgIpc) is 2.96. The van der Waals surface area contributed by atoms with Crippen molar-refractivity contribution in [1.29, 1.82) is 0 Å². The minimum absolute atomic E-state index is 0.0294. The van der Waals surface area contributed by atoms with Gasteiger partial charge in [-0.1, -0.05) is 73.0 Å². The summed E-state index contributed by atoms with van der Waals surface area (Å²) in [5.41, 5.74) is 0.788. The number of hydrogen-bond acceptors (Lipinski definition) is 4. The van der Waals surface area contributed by atoms with Crippen molar-refractivity contribution >= 4 is 39.1 Å². The fourth-order valence-corrected chi connectivity index (χ4v) is 6.13. The van der Waals surface area contributed by atoms with Gasteiger partial charge in [0.15, 0.2) is 0 Å². The summed E-state index contributed by atoms with van der Waals surface area (Å²) in [5, 5.41) is 2.27. The van der Waals surface area contributed by atoms with E-state index >= 15 is 0 Å². The Morgan fingerprint density at radius 1 is 0.909 bits per heavy atom. The van der Waals surface area contributed by atoms with Gasteiger partial charge in [0.05, 0.1) is 21.2 Å². The molecule has 0 radical (unpaired) electrons. The summed E-state index contributed by atoms with van der Waals surface area (Å²) in [7, 11) is -4.55. The Hall–Kier alpha value is -3.57. The van der Waals surface area contributed by atoms with Gasteiger partial charge in [-0.05, 0) is 69.5 Å². The van der Waals surface area contributed by atoms with Crippen molar-refractivity contribution in [2.45, 2.75) is 77.2 Å². The third kappa shape index (κ3) is 8.53. The lowest BCUT2D eigenvalue weighted by Crippen LogP contribution is -2.53. The van der Waals surface area contributed by atoms with E-state index in [-0.39, 0.29) is 23.9 Å². The first kappa shape index (κ1) is 34.9. The van der Waals surface area contributed by atoms with Gasteiger partial charge < -0.3 is 10.2 Å². The lowest BCUT2D eigenvalue weighted by Gasteiger charge is -2.34. The van der Waals surface area contributed by atoms with Crippen LogP contribution in [0.5, 0.6) is 0 Å². The number of sulfonamides is 1. The SMILES string of the molecule is CC[C@H](C(=O)N[C@@H](C)CC)N(Cc1ccc(C)cc1)C(=O)CN(c1ccc(Cl)c(C(F)(F)F)c1)S(=O)(=O)c1ccc(C)cc1. The molecule has 0 bridgehead atoms. The fraction of sp³-hybridized carbons (Fsp3) is 0.375. The molecule has 3 aromatic carbocycles. The van der Waals surface area contributed by atoms with E-state index in [1.54, 1.807) is 38.1 Å². The summed E-state index contributed by atoms with van der Waals surface area (Å²) < 4.78 is 70.0. The lowest BCUT2D eigenvalue weighted by atomic mass is 10.1. The number of carbonyl (C=O) groups excluding carboxylic acids is 2. The summed E-state index contributed by atoms with van der Waals surface area (Å²) in [6, 6.07) is 14.5. The molecule has 0 saturated carbocycles. The lowest BCUT2D eigenvalue weighted by molar-refractivity contribution is -0.140. The summed E-state index contributed by atoms with van der Waals surface area (Å²) in [6.07, 6.45) is -4.02. The van der Waals surface area contributed by atoms with Crippen LogP contribution in [0.4, 0.5) is 18.9 Å². The first-order valence-corrected chi connectivity index (χ1v) is 16.0. The molecule has 0 aliphatic heterocycles. The molecule has 0 fully saturated rings. The van der Waals surface area contributed by atoms with Crippen molar-refractivity contribution in [3.63, 3.8) is 0 Å². The Kier molecular flexibility index (Phi) is 11.5. The Morgan fingerprint density at radius 3 is 2.00 bits per heavy atom. The molecule has 238 valence electrons. The van der Waals surface area contributed by atoms with E-state index in [1.807, 2.05) is 32.9 Å². The van der Waals surface area contributed by atoms with Crippen LogP contribution in [-0.4, -0.2) is 43.8 Å². The van der Waals surface area contributed by atoms with Crippen LogP contribution in [0.3, 0.4) is 0 Å². The van der Waals surface area contributed by atoms with Crippen molar-refractivity contribution in [3.05, 3.63) is 94.0 Å². The minimum Gasteiger partial charge on any atom is -0.352 e. The van der Waals surface area contributed by atoms with E-state index in [0.29, 0.717) is 22.4 Å². The van der Waals surface area contributed by atoms with Crippen LogP contribution in [0.2, 0.25) is 5.02 Å². The van der Waals surface area contributed by atoms with Gasteiger partial charge in [-0.2, -0.15) is 13.2 Å². The predicted molar refractivity (Wildman–Crippen MR) is 166 cm³/mol. The van der Waals surface area contributed by atoms with E-state index < -0.39 is 56.9 Å². The smallest absolute Gasteiger partial charge is 0.352 e. The Balaban J connectivity index is 2.15. The summed E-state index contributed by atoms with van der Waals surface area (Å²) in [4.78, 5) is 28.5. The molecule has 2 amide bonds. The highest BCUT2D eigenvalue weighted by Gasteiger charge is 2.37. The predicted octanol–water partition coefficient (Wildman–Crippen LogP) is 6.89. The van der Waals surface area contributed by atoms with Gasteiger partial charge in [0.2, 0.25) is 11.8 Å². The van der Waals surface area contributed by atoms with Crippen LogP contribution < -0.4 is 9.62 Å². The number of anilines is 1. The number of aryl methyl sites for hydroxylation is 2. The number of nitrogens with one attached hydrogen (secondary N) is 1. The normalized spacial score (nSPS) is 13.2. The van der Waals surface area contributed by atoms with Crippen molar-refractivity contribution in [3.8, 4) is 0 Å². The number of amides is 2. The number of hydrogen-bond donors (Lipinski definition) is 1. The molecule has 2 atom stereocenters. The maximum atomic E-state index is 14.1. The average molecular weight is 652 g/mol. The number of nitrogens with zero attached hydrogens (tertiary/aromatic N) is 2. The first-order chi connectivity index (χ1) is 20.6. The zero-order valence-electron chi connectivity index (χ0n) is 25.3. The molecular formula is C32H37ClF3N3O4S. The van der Waals surface area contributed by atoms with Gasteiger partial charge >= 0.3 is 6.18 Å². The molecular weight excluding hydrogens is 615 g/mol. The third-order valence-corrected chi connectivity index (χ3v) is 9.41. The maximum absolute atomic E-state index is 14.1. The summed E-state index contributed by atoms with van der Waals surface area (Å²) in [5.74, 6) is -1.18. The maximum Gasteiger partial charge on any atom is 0.417 e. The zero-order valence-corrected chi connectivity index (χ0v) is 26.9. The van der Waals surface area contributed by atoms with Gasteiger partial charge in [-0.3, -0.25) is 13.9 Å². The van der Waals surface area contributed by atoms with Crippen LogP contribution in [0.25, 0.3) is 0 Å². The quantitative estimate of drug-likeness (QED) is 0.231. The van der Waals surface area contributed by atoms with Crippen LogP contribution >= 0.6 is 11.6 Å². The molecule has 1 N–H and O–H groups in total. The summed E-state index contributed by atoms with van der Waals surface area (Å²) >= 11 is 5.83. The van der Waals surface area contributed by atoms with Crippen molar-refractivity contribution in [2.24, 2.45) is 0 Å². The van der Waals surface area contributed by atoms with Gasteiger partial charge in [0.25, 0.3) is 10.0 Å². The molecule has 0 aromatic heterocycles. The van der Waals surface area contributed by atoms with Crippen molar-refractivity contribution in [2.75, 3.05) is 10.8 Å². The topological polar surface area (TPSA) is 86.8 Å². The van der Waals surface area contributed by atoms with Crippen molar-refractivity contribution < 1.29 is 31.2 Å². The largest absolute Gasteiger partial charge is 0.417 e. The monoisotopic (exact) mass is 651 g/mol. The molecule has 0 saturated heterocycles. The van der Waals surface area contributed by atoms with E-state index in [0.717, 1.165) is 23.3 Å². The molecule has 7 nitrogen and oxygen atoms in total. The van der Waals surface area contributed by atoms with Crippen molar-refractivity contribution in [1.82, 2.24) is 10.2 Å². The van der Waals surface area contributed by atoms with Crippen LogP contribution in [0.15, 0.2) is 71.6 Å². The van der Waals surface area contributed by atoms with E-state index in [9.17, 15) is 31.2 Å². The number of alkyl halides is 3. The number of benzene rings is 3. The Morgan fingerprint density at radius 2 is 1.48 bits per heavy atom. The molecule has 0 unspecified atom stereocenters. The second-order valence-corrected chi connectivity index (χ2v) is 13.0. The minimum atomic E-state index is -4.88. The number of carbonyl (C=O) groups is 2. The standard InChI is InChI=1S/C32H37ClF3N3O4S/c1-6-23(5)37-31(41)29(7-2)38(19-24-12-8-21(3)9-13-24)30(40)20-39(44(42,43)26-15-10-22(4)11-16-26)25-14-17-28(33)27(18-25)32(34,35)36/h8-18,23,29H,6-7,19-20H2,1-5H3,(H,37,41)/t23-,29+/m0/s1. The van der Waals surface area contributed by atoms with E-state index in [2.05, 4.69) is 5.32 Å². The highest BCUT2D eigenvalue weighted by atomic mass is 35.5. The van der Waals surface area contributed by atoms with Crippen LogP contribution in [-0.2, 0) is 32.3 Å².